The second-order valence-corrected chi connectivity index (χ2v) is 7.10. The Kier molecular flexibility index (Phi) is 7.63. The molecule has 6 heteroatoms. The third-order valence-electron chi connectivity index (χ3n) is 4.21. The Bertz CT molecular complexity index is 797. The first-order valence-corrected chi connectivity index (χ1v) is 9.30. The Morgan fingerprint density at radius 2 is 0.964 bits per heavy atom. The van der Waals surface area contributed by atoms with Crippen LogP contribution in [0.5, 0.6) is 0 Å². The van der Waals surface area contributed by atoms with Gasteiger partial charge in [-0.2, -0.15) is 10.2 Å². The number of nitrogens with zero attached hydrogens (tertiary/aromatic N) is 4. The van der Waals surface area contributed by atoms with Crippen molar-refractivity contribution in [2.24, 2.45) is 31.9 Å². The van der Waals surface area contributed by atoms with Crippen LogP contribution in [0.1, 0.15) is 61.8 Å². The molecule has 0 aliphatic carbocycles. The molecule has 6 nitrogen and oxygen atoms in total. The zero-order valence-electron chi connectivity index (χ0n) is 16.9. The SMILES string of the molecule is CC(C)c1ccc(C=N\N=C(N)/C(N)=N/N=C\c2ccc(C(C)C)cc2)cc1. The van der Waals surface area contributed by atoms with Crippen LogP contribution in [0.4, 0.5) is 0 Å². The van der Waals surface area contributed by atoms with E-state index in [9.17, 15) is 0 Å². The molecule has 0 heterocycles. The molecule has 0 bridgehead atoms. The van der Waals surface area contributed by atoms with Gasteiger partial charge in [-0.3, -0.25) is 0 Å². The smallest absolute Gasteiger partial charge is 0.190 e. The van der Waals surface area contributed by atoms with Crippen molar-refractivity contribution in [3.8, 4) is 0 Å². The lowest BCUT2D eigenvalue weighted by atomic mass is 10.0. The van der Waals surface area contributed by atoms with E-state index < -0.39 is 0 Å². The van der Waals surface area contributed by atoms with Gasteiger partial charge in [0, 0.05) is 0 Å². The van der Waals surface area contributed by atoms with Gasteiger partial charge in [-0.1, -0.05) is 76.2 Å². The van der Waals surface area contributed by atoms with Crippen LogP contribution < -0.4 is 11.5 Å². The first-order valence-electron chi connectivity index (χ1n) is 9.30. The van der Waals surface area contributed by atoms with Crippen molar-refractivity contribution in [2.45, 2.75) is 39.5 Å². The number of hydrogen-bond acceptors (Lipinski definition) is 4. The molecule has 0 spiro atoms. The summed E-state index contributed by atoms with van der Waals surface area (Å²) in [6.45, 7) is 8.61. The summed E-state index contributed by atoms with van der Waals surface area (Å²) in [4.78, 5) is 0. The number of hydrogen-bond donors (Lipinski definition) is 2. The van der Waals surface area contributed by atoms with Crippen LogP contribution >= 0.6 is 0 Å². The van der Waals surface area contributed by atoms with Gasteiger partial charge in [0.05, 0.1) is 12.4 Å². The van der Waals surface area contributed by atoms with E-state index in [4.69, 9.17) is 11.5 Å². The van der Waals surface area contributed by atoms with Crippen LogP contribution in [0.15, 0.2) is 68.9 Å². The Balaban J connectivity index is 1.97. The van der Waals surface area contributed by atoms with Gasteiger partial charge in [0.25, 0.3) is 0 Å². The molecule has 28 heavy (non-hydrogen) atoms. The Hall–Kier alpha value is -3.28. The van der Waals surface area contributed by atoms with Crippen LogP contribution in [0.3, 0.4) is 0 Å². The van der Waals surface area contributed by atoms with E-state index in [0.29, 0.717) is 11.8 Å². The molecule has 2 aromatic rings. The molecule has 0 fully saturated rings. The Morgan fingerprint density at radius 1 is 0.643 bits per heavy atom. The summed E-state index contributed by atoms with van der Waals surface area (Å²) >= 11 is 0. The van der Waals surface area contributed by atoms with Gasteiger partial charge in [-0.25, -0.2) is 0 Å². The largest absolute Gasteiger partial charge is 0.379 e. The maximum atomic E-state index is 5.78. The summed E-state index contributed by atoms with van der Waals surface area (Å²) in [6.07, 6.45) is 3.23. The molecule has 0 radical (unpaired) electrons. The van der Waals surface area contributed by atoms with Gasteiger partial charge in [0.15, 0.2) is 11.7 Å². The minimum absolute atomic E-state index is 0.0161. The van der Waals surface area contributed by atoms with Crippen molar-refractivity contribution in [3.63, 3.8) is 0 Å². The highest BCUT2D eigenvalue weighted by Crippen LogP contribution is 2.14. The van der Waals surface area contributed by atoms with Crippen LogP contribution in [-0.2, 0) is 0 Å². The third kappa shape index (κ3) is 6.46. The molecule has 0 atom stereocenters. The molecule has 4 N–H and O–H groups in total. The predicted molar refractivity (Wildman–Crippen MR) is 119 cm³/mol. The fraction of sp³-hybridized carbons (Fsp3) is 0.273. The minimum Gasteiger partial charge on any atom is -0.379 e. The summed E-state index contributed by atoms with van der Waals surface area (Å²) < 4.78 is 0. The van der Waals surface area contributed by atoms with E-state index in [1.165, 1.54) is 11.1 Å². The molecule has 0 unspecified atom stereocenters. The van der Waals surface area contributed by atoms with Crippen molar-refractivity contribution < 1.29 is 0 Å². The zero-order valence-corrected chi connectivity index (χ0v) is 16.9. The molecule has 0 saturated carbocycles. The Morgan fingerprint density at radius 3 is 1.25 bits per heavy atom. The average Bonchev–Trinajstić information content (AvgIpc) is 2.68. The van der Waals surface area contributed by atoms with Crippen LogP contribution in [0.25, 0.3) is 0 Å². The number of nitrogens with two attached hydrogens (primary N) is 2. The normalized spacial score (nSPS) is 13.4. The number of amidine groups is 2. The summed E-state index contributed by atoms with van der Waals surface area (Å²) in [6, 6.07) is 16.2. The maximum Gasteiger partial charge on any atom is 0.190 e. The number of rotatable bonds is 6. The summed E-state index contributed by atoms with van der Waals surface area (Å²) in [5.41, 5.74) is 16.0. The highest BCUT2D eigenvalue weighted by molar-refractivity contribution is 6.39. The molecular weight excluding hydrogens is 348 g/mol. The topological polar surface area (TPSA) is 101 Å². The Labute approximate surface area is 166 Å². The van der Waals surface area contributed by atoms with Crippen molar-refractivity contribution >= 4 is 24.1 Å². The zero-order chi connectivity index (χ0) is 20.5. The molecule has 0 aromatic heterocycles. The van der Waals surface area contributed by atoms with Crippen molar-refractivity contribution in [1.82, 2.24) is 0 Å². The highest BCUT2D eigenvalue weighted by atomic mass is 15.3. The van der Waals surface area contributed by atoms with Crippen molar-refractivity contribution in [3.05, 3.63) is 70.8 Å². The lowest BCUT2D eigenvalue weighted by Gasteiger charge is -2.04. The van der Waals surface area contributed by atoms with Crippen LogP contribution in [0.2, 0.25) is 0 Å². The quantitative estimate of drug-likeness (QED) is 0.452. The lowest BCUT2D eigenvalue weighted by Crippen LogP contribution is -2.30. The van der Waals surface area contributed by atoms with E-state index in [1.807, 2.05) is 24.3 Å². The predicted octanol–water partition coefficient (Wildman–Crippen LogP) is 4.02. The van der Waals surface area contributed by atoms with E-state index >= 15 is 0 Å². The van der Waals surface area contributed by atoms with Crippen molar-refractivity contribution in [1.29, 1.82) is 0 Å². The van der Waals surface area contributed by atoms with E-state index in [-0.39, 0.29) is 11.7 Å². The molecule has 0 aliphatic rings. The first kappa shape index (κ1) is 21.0. The summed E-state index contributed by atoms with van der Waals surface area (Å²) in [5.74, 6) is 1.01. The van der Waals surface area contributed by atoms with E-state index in [1.54, 1.807) is 12.4 Å². The van der Waals surface area contributed by atoms with Gasteiger partial charge >= 0.3 is 0 Å². The summed E-state index contributed by atoms with van der Waals surface area (Å²) in [7, 11) is 0. The molecule has 146 valence electrons. The second-order valence-electron chi connectivity index (χ2n) is 7.10. The van der Waals surface area contributed by atoms with Gasteiger partial charge in [-0.15, -0.1) is 10.2 Å². The van der Waals surface area contributed by atoms with E-state index in [0.717, 1.165) is 11.1 Å². The van der Waals surface area contributed by atoms with E-state index in [2.05, 4.69) is 72.4 Å². The van der Waals surface area contributed by atoms with Crippen molar-refractivity contribution in [2.75, 3.05) is 0 Å². The second kappa shape index (κ2) is 10.2. The monoisotopic (exact) mass is 376 g/mol. The maximum absolute atomic E-state index is 5.78. The number of benzene rings is 2. The fourth-order valence-corrected chi connectivity index (χ4v) is 2.35. The van der Waals surface area contributed by atoms with Gasteiger partial charge in [-0.05, 0) is 34.1 Å². The highest BCUT2D eigenvalue weighted by Gasteiger charge is 2.00. The molecule has 2 aromatic carbocycles. The first-order chi connectivity index (χ1) is 13.4. The van der Waals surface area contributed by atoms with Gasteiger partial charge < -0.3 is 11.5 Å². The third-order valence-corrected chi connectivity index (χ3v) is 4.21. The molecule has 2 rings (SSSR count). The average molecular weight is 377 g/mol. The molecule has 0 saturated heterocycles. The fourth-order valence-electron chi connectivity index (χ4n) is 2.35. The standard InChI is InChI=1S/C22H28N6/c1-15(2)19-9-5-17(6-10-19)13-25-27-21(23)22(24)28-26-14-18-7-11-20(12-8-18)16(3)4/h5-16H,1-4H3,(H2,23,27)(H2,24,28)/b25-13-,26-14?. The van der Waals surface area contributed by atoms with Crippen LogP contribution in [0, 0.1) is 0 Å². The van der Waals surface area contributed by atoms with Crippen LogP contribution in [-0.4, -0.2) is 24.1 Å². The summed E-state index contributed by atoms with van der Waals surface area (Å²) in [5, 5.41) is 15.6. The molecular formula is C22H28N6. The van der Waals surface area contributed by atoms with Gasteiger partial charge in [0.2, 0.25) is 0 Å². The minimum atomic E-state index is 0.0161. The lowest BCUT2D eigenvalue weighted by molar-refractivity contribution is 0.866. The molecule has 0 amide bonds. The van der Waals surface area contributed by atoms with Gasteiger partial charge in [0.1, 0.15) is 0 Å². The molecule has 0 aliphatic heterocycles.